The van der Waals surface area contributed by atoms with Crippen molar-refractivity contribution < 1.29 is 18.4 Å². The van der Waals surface area contributed by atoms with Gasteiger partial charge >= 0.3 is 0 Å². The molecule has 2 aromatic heterocycles. The van der Waals surface area contributed by atoms with E-state index in [-0.39, 0.29) is 17.0 Å². The fourth-order valence-electron chi connectivity index (χ4n) is 3.89. The summed E-state index contributed by atoms with van der Waals surface area (Å²) < 4.78 is 29.4. The number of nitrogens with one attached hydrogen (secondary N) is 1. The second-order valence-corrected chi connectivity index (χ2v) is 7.90. The Labute approximate surface area is 160 Å². The smallest absolute Gasteiger partial charge is 0.289 e. The van der Waals surface area contributed by atoms with Gasteiger partial charge in [0.2, 0.25) is 0 Å². The standard InChI is InChI=1S/C19H21F2N5O2/c1-10-14(17(28)24-12-3-6-23-13(7-12)16(22)27)26(25-15(10)18(2,20)21)9-11-8-19(11)4-5-19/h3,6-7,11H,4-5,8-9H2,1-2H3,(H2,22,27)(H,23,24,28). The molecule has 2 heterocycles. The van der Waals surface area contributed by atoms with E-state index in [0.29, 0.717) is 23.6 Å². The normalized spacial score (nSPS) is 19.5. The molecule has 0 radical (unpaired) electrons. The van der Waals surface area contributed by atoms with Crippen molar-refractivity contribution in [3.05, 3.63) is 41.0 Å². The van der Waals surface area contributed by atoms with Crippen LogP contribution in [0.3, 0.4) is 0 Å². The Morgan fingerprint density at radius 1 is 1.43 bits per heavy atom. The summed E-state index contributed by atoms with van der Waals surface area (Å²) in [6.45, 7) is 2.70. The van der Waals surface area contributed by atoms with Gasteiger partial charge < -0.3 is 11.1 Å². The quantitative estimate of drug-likeness (QED) is 0.793. The molecule has 4 rings (SSSR count). The van der Waals surface area contributed by atoms with Gasteiger partial charge in [0.15, 0.2) is 0 Å². The monoisotopic (exact) mass is 389 g/mol. The first-order valence-electron chi connectivity index (χ1n) is 9.14. The van der Waals surface area contributed by atoms with E-state index >= 15 is 0 Å². The Hall–Kier alpha value is -2.84. The molecule has 2 fully saturated rings. The van der Waals surface area contributed by atoms with Crippen LogP contribution in [0.4, 0.5) is 14.5 Å². The highest BCUT2D eigenvalue weighted by Gasteiger charge is 2.62. The Morgan fingerprint density at radius 2 is 2.14 bits per heavy atom. The number of pyridine rings is 1. The summed E-state index contributed by atoms with van der Waals surface area (Å²) in [5, 5.41) is 6.72. The molecule has 1 atom stereocenters. The maximum absolute atomic E-state index is 14.0. The van der Waals surface area contributed by atoms with E-state index < -0.39 is 23.4 Å². The van der Waals surface area contributed by atoms with Crippen LogP contribution in [0, 0.1) is 18.3 Å². The lowest BCUT2D eigenvalue weighted by Gasteiger charge is -2.10. The van der Waals surface area contributed by atoms with Crippen molar-refractivity contribution in [3.8, 4) is 0 Å². The maximum Gasteiger partial charge on any atom is 0.289 e. The lowest BCUT2D eigenvalue weighted by atomic mass is 10.1. The van der Waals surface area contributed by atoms with Gasteiger partial charge in [-0.3, -0.25) is 19.3 Å². The minimum Gasteiger partial charge on any atom is -0.364 e. The van der Waals surface area contributed by atoms with Crippen molar-refractivity contribution in [1.29, 1.82) is 0 Å². The molecule has 0 bridgehead atoms. The second-order valence-electron chi connectivity index (χ2n) is 7.90. The predicted octanol–water partition coefficient (Wildman–Crippen LogP) is 2.85. The molecule has 2 amide bonds. The molecule has 9 heteroatoms. The number of anilines is 1. The van der Waals surface area contributed by atoms with E-state index in [4.69, 9.17) is 5.73 Å². The van der Waals surface area contributed by atoms with Crippen LogP contribution in [0.15, 0.2) is 18.3 Å². The number of nitrogens with two attached hydrogens (primary N) is 1. The van der Waals surface area contributed by atoms with Crippen LogP contribution in [-0.4, -0.2) is 26.6 Å². The lowest BCUT2D eigenvalue weighted by molar-refractivity contribution is 0.0114. The first kappa shape index (κ1) is 18.5. The van der Waals surface area contributed by atoms with E-state index in [1.54, 1.807) is 0 Å². The number of amides is 2. The average Bonchev–Trinajstić information content (AvgIpc) is 3.48. The number of nitrogens with zero attached hydrogens (tertiary/aromatic N) is 3. The summed E-state index contributed by atoms with van der Waals surface area (Å²) in [5.41, 5.74) is 5.72. The molecule has 1 unspecified atom stereocenters. The molecule has 2 saturated carbocycles. The Balaban J connectivity index is 1.64. The third-order valence-corrected chi connectivity index (χ3v) is 5.73. The molecule has 2 aliphatic rings. The van der Waals surface area contributed by atoms with Crippen LogP contribution in [-0.2, 0) is 12.5 Å². The molecule has 0 aliphatic heterocycles. The van der Waals surface area contributed by atoms with Crippen LogP contribution in [0.5, 0.6) is 0 Å². The van der Waals surface area contributed by atoms with E-state index in [2.05, 4.69) is 15.4 Å². The highest BCUT2D eigenvalue weighted by Crippen LogP contribution is 2.71. The van der Waals surface area contributed by atoms with Crippen LogP contribution in [0.2, 0.25) is 0 Å². The third kappa shape index (κ3) is 3.25. The lowest BCUT2D eigenvalue weighted by Crippen LogP contribution is -2.20. The van der Waals surface area contributed by atoms with Crippen molar-refractivity contribution in [3.63, 3.8) is 0 Å². The second kappa shape index (κ2) is 6.08. The van der Waals surface area contributed by atoms with E-state index in [1.807, 2.05) is 0 Å². The number of rotatable bonds is 6. The summed E-state index contributed by atoms with van der Waals surface area (Å²) in [6.07, 6.45) is 4.70. The van der Waals surface area contributed by atoms with Crippen LogP contribution >= 0.6 is 0 Å². The zero-order valence-electron chi connectivity index (χ0n) is 15.6. The summed E-state index contributed by atoms with van der Waals surface area (Å²) >= 11 is 0. The van der Waals surface area contributed by atoms with Gasteiger partial charge in [-0.25, -0.2) is 0 Å². The van der Waals surface area contributed by atoms with Gasteiger partial charge in [0, 0.05) is 30.9 Å². The number of alkyl halides is 2. The van der Waals surface area contributed by atoms with Gasteiger partial charge in [-0.15, -0.1) is 0 Å². The van der Waals surface area contributed by atoms with Crippen LogP contribution in [0.1, 0.15) is 58.4 Å². The zero-order valence-corrected chi connectivity index (χ0v) is 15.6. The molecule has 0 saturated heterocycles. The van der Waals surface area contributed by atoms with Gasteiger partial charge in [0.05, 0.1) is 0 Å². The van der Waals surface area contributed by atoms with Gasteiger partial charge in [-0.2, -0.15) is 13.9 Å². The van der Waals surface area contributed by atoms with Crippen molar-refractivity contribution in [2.45, 2.75) is 45.6 Å². The third-order valence-electron chi connectivity index (χ3n) is 5.73. The fraction of sp³-hybridized carbons (Fsp3) is 0.474. The molecule has 1 spiro atoms. The van der Waals surface area contributed by atoms with Crippen molar-refractivity contribution in [2.24, 2.45) is 17.1 Å². The topological polar surface area (TPSA) is 103 Å². The van der Waals surface area contributed by atoms with E-state index in [9.17, 15) is 18.4 Å². The number of primary amides is 1. The van der Waals surface area contributed by atoms with Gasteiger partial charge in [-0.05, 0) is 49.7 Å². The van der Waals surface area contributed by atoms with E-state index in [0.717, 1.165) is 26.2 Å². The summed E-state index contributed by atoms with van der Waals surface area (Å²) in [7, 11) is 0. The molecule has 3 N–H and O–H groups in total. The number of carbonyl (C=O) groups is 2. The molecule has 148 valence electrons. The Bertz CT molecular complexity index is 975. The van der Waals surface area contributed by atoms with Crippen LogP contribution < -0.4 is 11.1 Å². The van der Waals surface area contributed by atoms with Crippen LogP contribution in [0.25, 0.3) is 0 Å². The van der Waals surface area contributed by atoms with E-state index in [1.165, 1.54) is 29.9 Å². The molecule has 7 nitrogen and oxygen atoms in total. The number of aromatic nitrogens is 3. The zero-order chi connectivity index (χ0) is 20.3. The molecule has 0 aromatic carbocycles. The highest BCUT2D eigenvalue weighted by molar-refractivity contribution is 6.04. The highest BCUT2D eigenvalue weighted by atomic mass is 19.3. The Kier molecular flexibility index (Phi) is 4.02. The first-order valence-corrected chi connectivity index (χ1v) is 9.14. The van der Waals surface area contributed by atoms with Gasteiger partial charge in [0.25, 0.3) is 17.7 Å². The maximum atomic E-state index is 14.0. The summed E-state index contributed by atoms with van der Waals surface area (Å²) in [4.78, 5) is 28.0. The summed E-state index contributed by atoms with van der Waals surface area (Å²) in [5.74, 6) is -4.07. The number of halogens is 2. The van der Waals surface area contributed by atoms with Gasteiger partial charge in [-0.1, -0.05) is 0 Å². The predicted molar refractivity (Wildman–Crippen MR) is 97.0 cm³/mol. The molecule has 2 aromatic rings. The minimum absolute atomic E-state index is 0.00235. The average molecular weight is 389 g/mol. The minimum atomic E-state index is -3.15. The molecule has 2 aliphatic carbocycles. The SMILES string of the molecule is Cc1c(C(C)(F)F)nn(CC2CC23CC3)c1C(=O)Nc1ccnc(C(N)=O)c1. The van der Waals surface area contributed by atoms with Crippen molar-refractivity contribution in [2.75, 3.05) is 5.32 Å². The number of hydrogen-bond acceptors (Lipinski definition) is 4. The molecular formula is C19H21F2N5O2. The van der Waals surface area contributed by atoms with Crippen molar-refractivity contribution in [1.82, 2.24) is 14.8 Å². The summed E-state index contributed by atoms with van der Waals surface area (Å²) in [6, 6.07) is 2.83. The largest absolute Gasteiger partial charge is 0.364 e. The Morgan fingerprint density at radius 3 is 2.71 bits per heavy atom. The number of hydrogen-bond donors (Lipinski definition) is 2. The first-order chi connectivity index (χ1) is 13.1. The molecule has 28 heavy (non-hydrogen) atoms. The number of carbonyl (C=O) groups excluding carboxylic acids is 2. The molecular weight excluding hydrogens is 368 g/mol. The fourth-order valence-corrected chi connectivity index (χ4v) is 3.89. The van der Waals surface area contributed by atoms with Crippen molar-refractivity contribution >= 4 is 17.5 Å². The van der Waals surface area contributed by atoms with Gasteiger partial charge in [0.1, 0.15) is 17.1 Å².